The highest BCUT2D eigenvalue weighted by molar-refractivity contribution is 5.74. The van der Waals surface area contributed by atoms with Crippen LogP contribution in [0.2, 0.25) is 0 Å². The van der Waals surface area contributed by atoms with E-state index in [0.29, 0.717) is 0 Å². The van der Waals surface area contributed by atoms with Crippen molar-refractivity contribution in [1.82, 2.24) is 19.6 Å². The van der Waals surface area contributed by atoms with Gasteiger partial charge in [-0.15, -0.1) is 0 Å². The van der Waals surface area contributed by atoms with Gasteiger partial charge in [0.1, 0.15) is 5.75 Å². The molecule has 1 aliphatic heterocycles. The van der Waals surface area contributed by atoms with Gasteiger partial charge in [0.25, 0.3) is 0 Å². The molecule has 2 aromatic rings. The van der Waals surface area contributed by atoms with Crippen molar-refractivity contribution >= 4 is 5.91 Å². The maximum atomic E-state index is 12.1. The summed E-state index contributed by atoms with van der Waals surface area (Å²) in [5.74, 6) is 0.956. The Balaban J connectivity index is 1.75. The summed E-state index contributed by atoms with van der Waals surface area (Å²) in [5.41, 5.74) is 2.36. The third-order valence-electron chi connectivity index (χ3n) is 4.79. The predicted molar refractivity (Wildman–Crippen MR) is 96.3 cm³/mol. The van der Waals surface area contributed by atoms with Gasteiger partial charge in [-0.2, -0.15) is 5.10 Å². The minimum atomic E-state index is 0.0679. The van der Waals surface area contributed by atoms with E-state index in [2.05, 4.69) is 35.3 Å². The van der Waals surface area contributed by atoms with Gasteiger partial charge in [0.05, 0.1) is 19.3 Å². The fourth-order valence-corrected chi connectivity index (χ4v) is 3.39. The number of aryl methyl sites for hydroxylation is 1. The monoisotopic (exact) mass is 342 g/mol. The van der Waals surface area contributed by atoms with Crippen molar-refractivity contribution in [2.75, 3.05) is 26.7 Å². The molecule has 0 aliphatic carbocycles. The molecule has 25 heavy (non-hydrogen) atoms. The minimum absolute atomic E-state index is 0.0679. The molecule has 1 amide bonds. The lowest BCUT2D eigenvalue weighted by atomic mass is 10.0. The van der Waals surface area contributed by atoms with E-state index >= 15 is 0 Å². The van der Waals surface area contributed by atoms with Gasteiger partial charge in [-0.1, -0.05) is 12.1 Å². The highest BCUT2D eigenvalue weighted by Crippen LogP contribution is 2.28. The van der Waals surface area contributed by atoms with Crippen molar-refractivity contribution < 1.29 is 9.53 Å². The minimum Gasteiger partial charge on any atom is -0.497 e. The molecule has 0 saturated carbocycles. The zero-order chi connectivity index (χ0) is 17.8. The molecule has 1 aromatic carbocycles. The number of aromatic nitrogens is 2. The van der Waals surface area contributed by atoms with Crippen molar-refractivity contribution in [2.24, 2.45) is 0 Å². The summed E-state index contributed by atoms with van der Waals surface area (Å²) in [6, 6.07) is 8.09. The SMILES string of the molecule is CCn1cc(CN2CCN(C(C)=O)[C@H](c3ccc(OC)cc3)C2)cn1. The Kier molecular flexibility index (Phi) is 5.38. The summed E-state index contributed by atoms with van der Waals surface area (Å²) in [4.78, 5) is 16.4. The Bertz CT molecular complexity index is 710. The number of benzene rings is 1. The Hall–Kier alpha value is -2.34. The quantitative estimate of drug-likeness (QED) is 0.837. The van der Waals surface area contributed by atoms with Crippen LogP contribution in [0.25, 0.3) is 0 Å². The number of hydrogen-bond acceptors (Lipinski definition) is 4. The maximum absolute atomic E-state index is 12.1. The van der Waals surface area contributed by atoms with Gasteiger partial charge in [0.2, 0.25) is 5.91 Å². The third-order valence-corrected chi connectivity index (χ3v) is 4.79. The molecule has 1 fully saturated rings. The van der Waals surface area contributed by atoms with E-state index in [0.717, 1.165) is 44.0 Å². The highest BCUT2D eigenvalue weighted by Gasteiger charge is 2.30. The van der Waals surface area contributed by atoms with E-state index in [-0.39, 0.29) is 11.9 Å². The molecule has 3 rings (SSSR count). The van der Waals surface area contributed by atoms with Crippen LogP contribution in [0.5, 0.6) is 5.75 Å². The number of ether oxygens (including phenoxy) is 1. The van der Waals surface area contributed by atoms with Gasteiger partial charge in [0, 0.05) is 51.4 Å². The van der Waals surface area contributed by atoms with E-state index in [1.165, 1.54) is 5.56 Å². The van der Waals surface area contributed by atoms with Crippen LogP contribution in [0, 0.1) is 0 Å². The van der Waals surface area contributed by atoms with Crippen LogP contribution < -0.4 is 4.74 Å². The Morgan fingerprint density at radius 1 is 1.28 bits per heavy atom. The normalized spacial score (nSPS) is 18.4. The van der Waals surface area contributed by atoms with Crippen molar-refractivity contribution in [2.45, 2.75) is 33.0 Å². The zero-order valence-electron chi connectivity index (χ0n) is 15.2. The lowest BCUT2D eigenvalue weighted by Crippen LogP contribution is -2.49. The number of amides is 1. The van der Waals surface area contributed by atoms with E-state index in [4.69, 9.17) is 4.74 Å². The number of carbonyl (C=O) groups excluding carboxylic acids is 1. The number of carbonyl (C=O) groups is 1. The molecule has 0 spiro atoms. The number of piperazine rings is 1. The molecule has 134 valence electrons. The molecule has 0 bridgehead atoms. The largest absolute Gasteiger partial charge is 0.497 e. The van der Waals surface area contributed by atoms with Crippen LogP contribution in [0.15, 0.2) is 36.7 Å². The first-order chi connectivity index (χ1) is 12.1. The molecule has 1 atom stereocenters. The smallest absolute Gasteiger partial charge is 0.220 e. The topological polar surface area (TPSA) is 50.6 Å². The molecule has 2 heterocycles. The first-order valence-electron chi connectivity index (χ1n) is 8.75. The number of nitrogens with zero attached hydrogens (tertiary/aromatic N) is 4. The van der Waals surface area contributed by atoms with Crippen LogP contribution in [0.3, 0.4) is 0 Å². The molecular weight excluding hydrogens is 316 g/mol. The third kappa shape index (κ3) is 4.02. The second kappa shape index (κ2) is 7.70. The summed E-state index contributed by atoms with van der Waals surface area (Å²) in [5, 5.41) is 4.35. The average Bonchev–Trinajstić information content (AvgIpc) is 3.09. The summed E-state index contributed by atoms with van der Waals surface area (Å²) >= 11 is 0. The second-order valence-corrected chi connectivity index (χ2v) is 6.44. The molecule has 1 saturated heterocycles. The van der Waals surface area contributed by atoms with Crippen molar-refractivity contribution in [3.8, 4) is 5.75 Å². The highest BCUT2D eigenvalue weighted by atomic mass is 16.5. The van der Waals surface area contributed by atoms with Gasteiger partial charge >= 0.3 is 0 Å². The van der Waals surface area contributed by atoms with Gasteiger partial charge in [0.15, 0.2) is 0 Å². The first kappa shape index (κ1) is 17.5. The fourth-order valence-electron chi connectivity index (χ4n) is 3.39. The molecule has 6 heteroatoms. The summed E-state index contributed by atoms with van der Waals surface area (Å²) in [6.07, 6.45) is 4.03. The Morgan fingerprint density at radius 3 is 2.64 bits per heavy atom. The molecule has 1 aromatic heterocycles. The predicted octanol–water partition coefficient (Wildman–Crippen LogP) is 2.32. The van der Waals surface area contributed by atoms with Crippen molar-refractivity contribution in [1.29, 1.82) is 0 Å². The Morgan fingerprint density at radius 2 is 2.04 bits per heavy atom. The standard InChI is InChI=1S/C19H26N4O2/c1-4-22-13-16(11-20-22)12-21-9-10-23(15(2)24)19(14-21)17-5-7-18(25-3)8-6-17/h5-8,11,13,19H,4,9-10,12,14H2,1-3H3/t19-/m0/s1. The van der Waals surface area contributed by atoms with Crippen LogP contribution in [-0.4, -0.2) is 52.2 Å². The molecule has 0 unspecified atom stereocenters. The lowest BCUT2D eigenvalue weighted by molar-refractivity contribution is -0.134. The number of rotatable bonds is 5. The fraction of sp³-hybridized carbons (Fsp3) is 0.474. The van der Waals surface area contributed by atoms with Gasteiger partial charge in [-0.05, 0) is 24.6 Å². The Labute approximate surface area is 149 Å². The maximum Gasteiger partial charge on any atom is 0.220 e. The van der Waals surface area contributed by atoms with E-state index in [1.54, 1.807) is 14.0 Å². The van der Waals surface area contributed by atoms with Crippen LogP contribution in [0.1, 0.15) is 31.0 Å². The van der Waals surface area contributed by atoms with Crippen LogP contribution in [0.4, 0.5) is 0 Å². The van der Waals surface area contributed by atoms with Gasteiger partial charge in [-0.3, -0.25) is 14.4 Å². The van der Waals surface area contributed by atoms with Gasteiger partial charge < -0.3 is 9.64 Å². The van der Waals surface area contributed by atoms with Crippen LogP contribution in [-0.2, 0) is 17.9 Å². The van der Waals surface area contributed by atoms with E-state index < -0.39 is 0 Å². The van der Waals surface area contributed by atoms with Crippen molar-refractivity contribution in [3.63, 3.8) is 0 Å². The first-order valence-corrected chi connectivity index (χ1v) is 8.75. The van der Waals surface area contributed by atoms with Crippen LogP contribution >= 0.6 is 0 Å². The molecule has 0 radical (unpaired) electrons. The lowest BCUT2D eigenvalue weighted by Gasteiger charge is -2.41. The average molecular weight is 342 g/mol. The summed E-state index contributed by atoms with van der Waals surface area (Å²) in [7, 11) is 1.66. The molecule has 6 nitrogen and oxygen atoms in total. The molecule has 1 aliphatic rings. The van der Waals surface area contributed by atoms with E-state index in [9.17, 15) is 4.79 Å². The zero-order valence-corrected chi connectivity index (χ0v) is 15.2. The summed E-state index contributed by atoms with van der Waals surface area (Å²) in [6.45, 7) is 7.92. The van der Waals surface area contributed by atoms with E-state index in [1.807, 2.05) is 27.9 Å². The second-order valence-electron chi connectivity index (χ2n) is 6.44. The molecule has 0 N–H and O–H groups in total. The molecular formula is C19H26N4O2. The van der Waals surface area contributed by atoms with Crippen molar-refractivity contribution in [3.05, 3.63) is 47.8 Å². The number of methoxy groups -OCH3 is 1. The summed E-state index contributed by atoms with van der Waals surface area (Å²) < 4.78 is 7.19. The van der Waals surface area contributed by atoms with Gasteiger partial charge in [-0.25, -0.2) is 0 Å². The number of hydrogen-bond donors (Lipinski definition) is 0.